The average Bonchev–Trinajstić information content (AvgIpc) is 2.93. The number of alkyl halides is 1. The molecule has 2 aromatic carbocycles. The van der Waals surface area contributed by atoms with E-state index in [1.54, 1.807) is 18.3 Å². The number of anilines is 1. The minimum atomic E-state index is -0.0719. The number of nitrogens with zero attached hydrogens (tertiary/aromatic N) is 3. The zero-order chi connectivity index (χ0) is 22.7. The summed E-state index contributed by atoms with van der Waals surface area (Å²) in [5.74, 6) is 0.457. The molecule has 8 heteroatoms. The van der Waals surface area contributed by atoms with Gasteiger partial charge in [-0.05, 0) is 48.0 Å². The van der Waals surface area contributed by atoms with Crippen LogP contribution >= 0.6 is 35.0 Å². The molecule has 1 atom stereocenters. The monoisotopic (exact) mass is 576 g/mol. The molecule has 4 rings (SSSR count). The maximum Gasteiger partial charge on any atom is 0.247 e. The number of hydrogen-bond donors (Lipinski definition) is 1. The molecule has 1 N–H and O–H groups in total. The van der Waals surface area contributed by atoms with Gasteiger partial charge in [-0.1, -0.05) is 65.1 Å². The molecule has 2 amide bonds. The van der Waals surface area contributed by atoms with Gasteiger partial charge in [0.2, 0.25) is 11.8 Å². The molecule has 1 aliphatic rings. The van der Waals surface area contributed by atoms with Gasteiger partial charge in [0, 0.05) is 24.4 Å². The quantitative estimate of drug-likeness (QED) is 0.200. The van der Waals surface area contributed by atoms with Crippen molar-refractivity contribution in [1.29, 1.82) is 0 Å². The normalized spacial score (nSPS) is 14.8. The predicted molar refractivity (Wildman–Crippen MR) is 144 cm³/mol. The van der Waals surface area contributed by atoms with E-state index in [-0.39, 0.29) is 30.3 Å². The molecule has 0 aliphatic carbocycles. The van der Waals surface area contributed by atoms with Gasteiger partial charge in [0.25, 0.3) is 0 Å². The van der Waals surface area contributed by atoms with Crippen molar-refractivity contribution in [2.24, 2.45) is 0 Å². The molecule has 33 heavy (non-hydrogen) atoms. The highest BCUT2D eigenvalue weighted by atomic mass is 127. The lowest BCUT2D eigenvalue weighted by Gasteiger charge is -2.27. The average molecular weight is 577 g/mol. The Hall–Kier alpha value is -2.49. The van der Waals surface area contributed by atoms with Crippen LogP contribution in [-0.4, -0.2) is 44.7 Å². The van der Waals surface area contributed by atoms with Gasteiger partial charge in [-0.25, -0.2) is 4.98 Å². The van der Waals surface area contributed by atoms with E-state index in [2.05, 4.69) is 64.1 Å². The lowest BCUT2D eigenvalue weighted by Crippen LogP contribution is -2.31. The third-order valence-electron chi connectivity index (χ3n) is 5.67. The molecule has 6 nitrogen and oxygen atoms in total. The van der Waals surface area contributed by atoms with E-state index >= 15 is 0 Å². The van der Waals surface area contributed by atoms with Crippen molar-refractivity contribution in [1.82, 2.24) is 14.8 Å². The third-order valence-corrected chi connectivity index (χ3v) is 6.41. The smallest absolute Gasteiger partial charge is 0.247 e. The topological polar surface area (TPSA) is 65.5 Å². The van der Waals surface area contributed by atoms with Crippen molar-refractivity contribution in [3.63, 3.8) is 0 Å². The summed E-state index contributed by atoms with van der Waals surface area (Å²) >= 11 is 2.23. The molecular formula is C25H26ClIN4O2. The molecule has 0 bridgehead atoms. The van der Waals surface area contributed by atoms with Crippen molar-refractivity contribution < 1.29 is 9.59 Å². The summed E-state index contributed by atoms with van der Waals surface area (Å²) in [4.78, 5) is 33.1. The fourth-order valence-corrected chi connectivity index (χ4v) is 4.94. The van der Waals surface area contributed by atoms with Crippen LogP contribution in [0.25, 0.3) is 16.8 Å². The van der Waals surface area contributed by atoms with E-state index in [4.69, 9.17) is 0 Å². The molecule has 1 aliphatic heterocycles. The minimum Gasteiger partial charge on any atom is -0.323 e. The number of carbonyl (C=O) groups is 2. The highest BCUT2D eigenvalue weighted by molar-refractivity contribution is 14.1. The summed E-state index contributed by atoms with van der Waals surface area (Å²) in [6.45, 7) is 3.01. The number of aromatic nitrogens is 1. The number of nitrogens with one attached hydrogen (secondary N) is 1. The van der Waals surface area contributed by atoms with E-state index in [1.807, 2.05) is 41.1 Å². The van der Waals surface area contributed by atoms with Gasteiger partial charge in [0.15, 0.2) is 0 Å². The molecule has 1 unspecified atom stereocenters. The molecule has 172 valence electrons. The Morgan fingerprint density at radius 3 is 2.79 bits per heavy atom. The number of likely N-dealkylation sites (N-methyl/N-ethyl adjacent to an activating group) is 1. The van der Waals surface area contributed by atoms with E-state index in [0.717, 1.165) is 22.1 Å². The first-order chi connectivity index (χ1) is 15.5. The standard InChI is InChI=1S/C25H25IN4O2.ClH/c1-17(21-9-5-7-19-6-3-4-8-22(19)21)30(16-26)24(32)11-10-18-12-20-14-29(2)15-23(31)28-25(20)27-13-18;/h3-13,17H,14-16H2,1-2H3,(H,27,28,31);1H. The van der Waals surface area contributed by atoms with Crippen LogP contribution in [0, 0.1) is 0 Å². The molecule has 3 aromatic rings. The number of halogens is 2. The Morgan fingerprint density at radius 1 is 1.24 bits per heavy atom. The summed E-state index contributed by atoms with van der Waals surface area (Å²) in [7, 11) is 1.90. The lowest BCUT2D eigenvalue weighted by atomic mass is 9.99. The largest absolute Gasteiger partial charge is 0.323 e. The predicted octanol–water partition coefficient (Wildman–Crippen LogP) is 5.04. The highest BCUT2D eigenvalue weighted by Crippen LogP contribution is 2.29. The van der Waals surface area contributed by atoms with E-state index in [9.17, 15) is 9.59 Å². The first kappa shape index (κ1) is 25.1. The Balaban J connectivity index is 0.00000306. The maximum atomic E-state index is 13.1. The Bertz CT molecular complexity index is 1190. The maximum absolute atomic E-state index is 13.1. The summed E-state index contributed by atoms with van der Waals surface area (Å²) < 4.78 is 0.574. The number of fused-ring (bicyclic) bond motifs is 2. The fraction of sp³-hybridized carbons (Fsp3) is 0.240. The van der Waals surface area contributed by atoms with Gasteiger partial charge in [-0.3, -0.25) is 14.5 Å². The second-order valence-electron chi connectivity index (χ2n) is 8.00. The van der Waals surface area contributed by atoms with Crippen molar-refractivity contribution in [2.45, 2.75) is 19.5 Å². The summed E-state index contributed by atoms with van der Waals surface area (Å²) in [6, 6.07) is 16.4. The van der Waals surface area contributed by atoms with Crippen LogP contribution in [0.15, 0.2) is 60.8 Å². The van der Waals surface area contributed by atoms with E-state index < -0.39 is 0 Å². The number of hydrogen-bond acceptors (Lipinski definition) is 4. The Labute approximate surface area is 213 Å². The molecule has 2 heterocycles. The van der Waals surface area contributed by atoms with Gasteiger partial charge >= 0.3 is 0 Å². The van der Waals surface area contributed by atoms with Crippen LogP contribution in [0.3, 0.4) is 0 Å². The molecule has 0 spiro atoms. The summed E-state index contributed by atoms with van der Waals surface area (Å²) in [5, 5.41) is 5.16. The second-order valence-corrected chi connectivity index (χ2v) is 8.68. The molecule has 0 saturated heterocycles. The van der Waals surface area contributed by atoms with Gasteiger partial charge in [0.1, 0.15) is 5.82 Å². The van der Waals surface area contributed by atoms with Gasteiger partial charge in [0.05, 0.1) is 17.1 Å². The second kappa shape index (κ2) is 11.1. The van der Waals surface area contributed by atoms with Crippen molar-refractivity contribution in [3.05, 3.63) is 77.5 Å². The fourth-order valence-electron chi connectivity index (χ4n) is 4.02. The first-order valence-corrected chi connectivity index (χ1v) is 12.0. The van der Waals surface area contributed by atoms with Gasteiger partial charge in [-0.15, -0.1) is 12.4 Å². The SMILES string of the molecule is CC(c1cccc2ccccc12)N(CI)C(=O)C=Cc1cnc2c(c1)CN(C)CC(=O)N2.Cl. The lowest BCUT2D eigenvalue weighted by molar-refractivity contribution is -0.126. The Kier molecular flexibility index (Phi) is 8.45. The Morgan fingerprint density at radius 2 is 2.00 bits per heavy atom. The van der Waals surface area contributed by atoms with Crippen LogP contribution in [0.4, 0.5) is 5.82 Å². The molecule has 1 aromatic heterocycles. The van der Waals surface area contributed by atoms with E-state index in [1.165, 1.54) is 5.39 Å². The van der Waals surface area contributed by atoms with E-state index in [0.29, 0.717) is 23.5 Å². The molecular weight excluding hydrogens is 551 g/mol. The zero-order valence-electron chi connectivity index (χ0n) is 18.5. The molecule has 0 radical (unpaired) electrons. The van der Waals surface area contributed by atoms with Gasteiger partial charge < -0.3 is 10.2 Å². The van der Waals surface area contributed by atoms with Crippen LogP contribution < -0.4 is 5.32 Å². The highest BCUT2D eigenvalue weighted by Gasteiger charge is 2.21. The van der Waals surface area contributed by atoms with Crippen LogP contribution in [0.5, 0.6) is 0 Å². The number of amides is 2. The zero-order valence-corrected chi connectivity index (χ0v) is 21.5. The molecule has 0 saturated carbocycles. The van der Waals surface area contributed by atoms with Gasteiger partial charge in [-0.2, -0.15) is 0 Å². The number of benzene rings is 2. The van der Waals surface area contributed by atoms with Crippen molar-refractivity contribution >= 4 is 69.5 Å². The number of pyridine rings is 1. The van der Waals surface area contributed by atoms with Crippen molar-refractivity contribution in [2.75, 3.05) is 23.5 Å². The summed E-state index contributed by atoms with van der Waals surface area (Å²) in [6.07, 6.45) is 5.07. The number of carbonyl (C=O) groups excluding carboxylic acids is 2. The van der Waals surface area contributed by atoms with Crippen LogP contribution in [0.2, 0.25) is 0 Å². The first-order valence-electron chi connectivity index (χ1n) is 10.5. The minimum absolute atomic E-state index is 0. The summed E-state index contributed by atoms with van der Waals surface area (Å²) in [5.41, 5.74) is 2.89. The van der Waals surface area contributed by atoms with Crippen molar-refractivity contribution in [3.8, 4) is 0 Å². The molecule has 0 fully saturated rings. The van der Waals surface area contributed by atoms with Crippen LogP contribution in [-0.2, 0) is 16.1 Å². The van der Waals surface area contributed by atoms with Crippen LogP contribution in [0.1, 0.15) is 29.7 Å². The number of rotatable bonds is 5. The third kappa shape index (κ3) is 5.72.